The normalized spacial score (nSPS) is 13.4. The number of fused-ring (bicyclic) bond motifs is 2. The SMILES string of the molecule is Cc1cc(C)cc(-c2cnc3c(n2)N(c2ccc4cn[nH]c4c2)C(=O)C3)c1. The number of nitrogens with one attached hydrogen (secondary N) is 1. The van der Waals surface area contributed by atoms with Gasteiger partial charge in [0, 0.05) is 10.9 Å². The second kappa shape index (κ2) is 5.74. The van der Waals surface area contributed by atoms with E-state index in [0.29, 0.717) is 11.5 Å². The first-order valence-electron chi connectivity index (χ1n) is 8.79. The van der Waals surface area contributed by atoms with Crippen molar-refractivity contribution < 1.29 is 4.79 Å². The molecular weight excluding hydrogens is 338 g/mol. The summed E-state index contributed by atoms with van der Waals surface area (Å²) in [6.45, 7) is 4.12. The Hall–Kier alpha value is -3.54. The number of amides is 1. The average molecular weight is 355 g/mol. The van der Waals surface area contributed by atoms with Gasteiger partial charge < -0.3 is 0 Å². The van der Waals surface area contributed by atoms with Gasteiger partial charge in [0.2, 0.25) is 5.91 Å². The molecule has 27 heavy (non-hydrogen) atoms. The Balaban J connectivity index is 1.63. The van der Waals surface area contributed by atoms with E-state index < -0.39 is 0 Å². The number of aromatic amines is 1. The lowest BCUT2D eigenvalue weighted by Crippen LogP contribution is -2.21. The van der Waals surface area contributed by atoms with Crippen LogP contribution in [0.1, 0.15) is 16.8 Å². The molecule has 0 saturated carbocycles. The van der Waals surface area contributed by atoms with Gasteiger partial charge in [-0.1, -0.05) is 17.2 Å². The molecule has 6 heteroatoms. The number of benzene rings is 2. The lowest BCUT2D eigenvalue weighted by Gasteiger charge is -2.17. The molecule has 1 amide bonds. The molecule has 0 bridgehead atoms. The van der Waals surface area contributed by atoms with Gasteiger partial charge >= 0.3 is 0 Å². The molecule has 0 unspecified atom stereocenters. The molecule has 5 rings (SSSR count). The highest BCUT2D eigenvalue weighted by atomic mass is 16.2. The minimum atomic E-state index is -0.0264. The molecular formula is C21H17N5O. The third kappa shape index (κ3) is 2.57. The molecule has 0 atom stereocenters. The summed E-state index contributed by atoms with van der Waals surface area (Å²) >= 11 is 0. The Morgan fingerprint density at radius 3 is 2.67 bits per heavy atom. The van der Waals surface area contributed by atoms with Gasteiger partial charge in [0.1, 0.15) is 0 Å². The fourth-order valence-electron chi connectivity index (χ4n) is 3.64. The Labute approximate surface area is 155 Å². The highest BCUT2D eigenvalue weighted by Gasteiger charge is 2.32. The number of rotatable bonds is 2. The van der Waals surface area contributed by atoms with Crippen molar-refractivity contribution in [2.45, 2.75) is 20.3 Å². The number of nitrogens with zero attached hydrogens (tertiary/aromatic N) is 4. The third-order valence-electron chi connectivity index (χ3n) is 4.81. The number of H-pyrrole nitrogens is 1. The van der Waals surface area contributed by atoms with Crippen LogP contribution in [-0.4, -0.2) is 26.1 Å². The second-order valence-electron chi connectivity index (χ2n) is 6.95. The van der Waals surface area contributed by atoms with Gasteiger partial charge in [-0.2, -0.15) is 5.10 Å². The van der Waals surface area contributed by atoms with Crippen molar-refractivity contribution in [3.63, 3.8) is 0 Å². The number of carbonyl (C=O) groups is 1. The molecule has 4 aromatic rings. The summed E-state index contributed by atoms with van der Waals surface area (Å²) in [5.41, 5.74) is 6.47. The van der Waals surface area contributed by atoms with Crippen LogP contribution in [0.5, 0.6) is 0 Å². The molecule has 1 N–H and O–H groups in total. The first kappa shape index (κ1) is 15.7. The fourth-order valence-corrected chi connectivity index (χ4v) is 3.64. The first-order valence-corrected chi connectivity index (χ1v) is 8.79. The van der Waals surface area contributed by atoms with Crippen molar-refractivity contribution in [3.8, 4) is 11.3 Å². The molecule has 0 fully saturated rings. The van der Waals surface area contributed by atoms with E-state index in [1.165, 1.54) is 11.1 Å². The number of hydrogen-bond donors (Lipinski definition) is 1. The predicted octanol–water partition coefficient (Wildman–Crippen LogP) is 3.86. The van der Waals surface area contributed by atoms with Crippen molar-refractivity contribution in [3.05, 3.63) is 65.6 Å². The van der Waals surface area contributed by atoms with Crippen molar-refractivity contribution in [1.82, 2.24) is 20.2 Å². The zero-order valence-corrected chi connectivity index (χ0v) is 15.0. The van der Waals surface area contributed by atoms with Crippen molar-refractivity contribution in [2.24, 2.45) is 0 Å². The van der Waals surface area contributed by atoms with Crippen molar-refractivity contribution >= 4 is 28.3 Å². The van der Waals surface area contributed by atoms with Gasteiger partial charge in [-0.15, -0.1) is 0 Å². The molecule has 1 aliphatic heterocycles. The van der Waals surface area contributed by atoms with Crippen LogP contribution in [0.15, 0.2) is 48.8 Å². The summed E-state index contributed by atoms with van der Waals surface area (Å²) in [4.78, 5) is 23.7. The summed E-state index contributed by atoms with van der Waals surface area (Å²) in [5, 5.41) is 7.99. The fraction of sp³-hybridized carbons (Fsp3) is 0.143. The van der Waals surface area contributed by atoms with Crippen LogP contribution >= 0.6 is 0 Å². The highest BCUT2D eigenvalue weighted by Crippen LogP contribution is 2.35. The van der Waals surface area contributed by atoms with Crippen LogP contribution in [0.2, 0.25) is 0 Å². The maximum absolute atomic E-state index is 12.7. The van der Waals surface area contributed by atoms with E-state index in [2.05, 4.69) is 47.2 Å². The molecule has 0 radical (unpaired) electrons. The van der Waals surface area contributed by atoms with E-state index in [9.17, 15) is 4.79 Å². The maximum Gasteiger partial charge on any atom is 0.238 e. The van der Waals surface area contributed by atoms with Crippen LogP contribution in [-0.2, 0) is 11.2 Å². The van der Waals surface area contributed by atoms with Crippen LogP contribution in [0.4, 0.5) is 11.5 Å². The Morgan fingerprint density at radius 1 is 1.04 bits per heavy atom. The lowest BCUT2D eigenvalue weighted by molar-refractivity contribution is -0.116. The zero-order valence-electron chi connectivity index (χ0n) is 15.0. The first-order chi connectivity index (χ1) is 13.1. The smallest absolute Gasteiger partial charge is 0.238 e. The number of aromatic nitrogens is 4. The molecule has 2 aromatic heterocycles. The van der Waals surface area contributed by atoms with E-state index in [-0.39, 0.29) is 12.3 Å². The number of anilines is 2. The quantitative estimate of drug-likeness (QED) is 0.592. The molecule has 2 aromatic carbocycles. The summed E-state index contributed by atoms with van der Waals surface area (Å²) in [6, 6.07) is 12.1. The molecule has 0 saturated heterocycles. The van der Waals surface area contributed by atoms with E-state index >= 15 is 0 Å². The molecule has 0 aliphatic carbocycles. The molecule has 1 aliphatic rings. The topological polar surface area (TPSA) is 74.8 Å². The van der Waals surface area contributed by atoms with Gasteiger partial charge in [-0.3, -0.25) is 19.8 Å². The van der Waals surface area contributed by atoms with Crippen molar-refractivity contribution in [2.75, 3.05) is 4.90 Å². The third-order valence-corrected chi connectivity index (χ3v) is 4.81. The summed E-state index contributed by atoms with van der Waals surface area (Å²) in [6.07, 6.45) is 3.77. The van der Waals surface area contributed by atoms with Crippen LogP contribution < -0.4 is 4.90 Å². The minimum absolute atomic E-state index is 0.0264. The van der Waals surface area contributed by atoms with Crippen LogP contribution in [0.3, 0.4) is 0 Å². The van der Waals surface area contributed by atoms with Gasteiger partial charge in [0.15, 0.2) is 5.82 Å². The molecule has 132 valence electrons. The monoisotopic (exact) mass is 355 g/mol. The second-order valence-corrected chi connectivity index (χ2v) is 6.95. The zero-order chi connectivity index (χ0) is 18.5. The standard InChI is InChI=1S/C21H17N5O/c1-12-5-13(2)7-15(6-12)19-11-22-18-9-20(27)26(21(18)24-19)16-4-3-14-10-23-25-17(14)8-16/h3-8,10-11H,9H2,1-2H3,(H,23,25). The Kier molecular flexibility index (Phi) is 3.33. The van der Waals surface area contributed by atoms with E-state index in [4.69, 9.17) is 4.98 Å². The minimum Gasteiger partial charge on any atom is -0.278 e. The summed E-state index contributed by atoms with van der Waals surface area (Å²) in [7, 11) is 0. The van der Waals surface area contributed by atoms with Crippen LogP contribution in [0.25, 0.3) is 22.2 Å². The lowest BCUT2D eigenvalue weighted by atomic mass is 10.1. The maximum atomic E-state index is 12.7. The van der Waals surface area contributed by atoms with Gasteiger partial charge in [0.25, 0.3) is 0 Å². The van der Waals surface area contributed by atoms with Gasteiger partial charge in [-0.25, -0.2) is 4.98 Å². The average Bonchev–Trinajstić information content (AvgIpc) is 3.22. The van der Waals surface area contributed by atoms with Crippen molar-refractivity contribution in [1.29, 1.82) is 0 Å². The van der Waals surface area contributed by atoms with E-state index in [1.54, 1.807) is 17.3 Å². The molecule has 3 heterocycles. The predicted molar refractivity (Wildman–Crippen MR) is 104 cm³/mol. The number of aryl methyl sites for hydroxylation is 2. The number of carbonyl (C=O) groups excluding carboxylic acids is 1. The van der Waals surface area contributed by atoms with E-state index in [1.807, 2.05) is 18.2 Å². The Morgan fingerprint density at radius 2 is 1.85 bits per heavy atom. The summed E-state index contributed by atoms with van der Waals surface area (Å²) < 4.78 is 0. The highest BCUT2D eigenvalue weighted by molar-refractivity contribution is 6.06. The Bertz CT molecular complexity index is 1190. The van der Waals surface area contributed by atoms with Gasteiger partial charge in [0.05, 0.1) is 41.4 Å². The molecule has 6 nitrogen and oxygen atoms in total. The molecule has 0 spiro atoms. The van der Waals surface area contributed by atoms with E-state index in [0.717, 1.165) is 27.8 Å². The van der Waals surface area contributed by atoms with Gasteiger partial charge in [-0.05, 0) is 44.2 Å². The van der Waals surface area contributed by atoms with Crippen LogP contribution in [0, 0.1) is 13.8 Å². The summed E-state index contributed by atoms with van der Waals surface area (Å²) in [5.74, 6) is 0.581. The largest absolute Gasteiger partial charge is 0.278 e. The number of hydrogen-bond acceptors (Lipinski definition) is 4.